The Labute approximate surface area is 122 Å². The zero-order valence-corrected chi connectivity index (χ0v) is 11.8. The average molecular weight is 304 g/mol. The number of carbonyl (C=O) groups excluding carboxylic acids is 1. The molecular weight excluding hydrogens is 280 g/mol. The minimum Gasteiger partial charge on any atom is -0.466 e. The van der Waals surface area contributed by atoms with E-state index in [4.69, 9.17) is 28.0 Å². The highest BCUT2D eigenvalue weighted by molar-refractivity contribution is 5.88. The number of esters is 1. The standard InChI is InChI=1S/C12H24N4O5/c1-21-11(20)5-2-6(10(19)8(18)4-17)9(13)7(3-5)12(14,15)16/h3,6-10,17-19H,2,4,13-16H2,1H3/t6?,7-,8+,9-,10-/m0/s1. The maximum Gasteiger partial charge on any atom is 0.333 e. The molecule has 0 aromatic heterocycles. The van der Waals surface area contributed by atoms with Crippen molar-refractivity contribution in [2.24, 2.45) is 34.8 Å². The summed E-state index contributed by atoms with van der Waals surface area (Å²) in [6.45, 7) is -0.647. The van der Waals surface area contributed by atoms with Gasteiger partial charge in [0.1, 0.15) is 11.9 Å². The van der Waals surface area contributed by atoms with Gasteiger partial charge in [-0.3, -0.25) is 0 Å². The lowest BCUT2D eigenvalue weighted by Crippen LogP contribution is -2.69. The molecule has 122 valence electrons. The molecule has 21 heavy (non-hydrogen) atoms. The molecule has 0 fully saturated rings. The molecule has 5 atom stereocenters. The smallest absolute Gasteiger partial charge is 0.333 e. The van der Waals surface area contributed by atoms with Gasteiger partial charge in [0.2, 0.25) is 0 Å². The Kier molecular flexibility index (Phi) is 5.82. The van der Waals surface area contributed by atoms with Crippen LogP contribution in [-0.4, -0.2) is 59.0 Å². The molecule has 0 saturated heterocycles. The zero-order chi connectivity index (χ0) is 16.4. The summed E-state index contributed by atoms with van der Waals surface area (Å²) in [5.74, 6) is -3.90. The third-order valence-electron chi connectivity index (χ3n) is 3.79. The minimum atomic E-state index is -1.71. The van der Waals surface area contributed by atoms with Gasteiger partial charge < -0.3 is 43.0 Å². The van der Waals surface area contributed by atoms with Gasteiger partial charge in [0.05, 0.1) is 19.8 Å². The SMILES string of the molecule is COC(=O)C1=C[C@H](C(N)(N)N)[C@@H](N)C([C@H](O)[C@H](O)CO)C1. The molecule has 9 nitrogen and oxygen atoms in total. The van der Waals surface area contributed by atoms with E-state index in [1.165, 1.54) is 13.2 Å². The summed E-state index contributed by atoms with van der Waals surface area (Å²) in [6, 6.07) is -0.797. The monoisotopic (exact) mass is 304 g/mol. The van der Waals surface area contributed by atoms with Gasteiger partial charge >= 0.3 is 5.97 Å². The van der Waals surface area contributed by atoms with Gasteiger partial charge in [0.15, 0.2) is 0 Å². The van der Waals surface area contributed by atoms with Gasteiger partial charge in [-0.1, -0.05) is 6.08 Å². The molecule has 11 N–H and O–H groups in total. The highest BCUT2D eigenvalue weighted by Gasteiger charge is 2.44. The van der Waals surface area contributed by atoms with Crippen molar-refractivity contribution in [1.82, 2.24) is 0 Å². The highest BCUT2D eigenvalue weighted by Crippen LogP contribution is 2.33. The van der Waals surface area contributed by atoms with Crippen LogP contribution in [0, 0.1) is 11.8 Å². The Hall–Kier alpha value is -1.07. The van der Waals surface area contributed by atoms with Crippen LogP contribution < -0.4 is 22.9 Å². The number of carbonyl (C=O) groups is 1. The molecular formula is C12H24N4O5. The summed E-state index contributed by atoms with van der Waals surface area (Å²) in [5.41, 5.74) is 23.2. The van der Waals surface area contributed by atoms with Crippen LogP contribution in [0.2, 0.25) is 0 Å². The van der Waals surface area contributed by atoms with Crippen LogP contribution in [0.5, 0.6) is 0 Å². The first-order valence-electron chi connectivity index (χ1n) is 6.51. The second-order valence-electron chi connectivity index (χ2n) is 5.40. The van der Waals surface area contributed by atoms with Crippen LogP contribution in [0.1, 0.15) is 6.42 Å². The van der Waals surface area contributed by atoms with E-state index < -0.39 is 48.4 Å². The fraction of sp³-hybridized carbons (Fsp3) is 0.750. The molecule has 9 heteroatoms. The second-order valence-corrected chi connectivity index (χ2v) is 5.40. The number of hydrogen-bond donors (Lipinski definition) is 7. The lowest BCUT2D eigenvalue weighted by Gasteiger charge is -2.42. The molecule has 1 aliphatic rings. The lowest BCUT2D eigenvalue weighted by molar-refractivity contribution is -0.137. The summed E-state index contributed by atoms with van der Waals surface area (Å²) in [6.07, 6.45) is -1.27. The van der Waals surface area contributed by atoms with Crippen LogP contribution in [-0.2, 0) is 9.53 Å². The number of aliphatic hydroxyl groups excluding tert-OH is 3. The summed E-state index contributed by atoms with van der Waals surface area (Å²) >= 11 is 0. The topological polar surface area (TPSA) is 191 Å². The Bertz CT molecular complexity index is 409. The van der Waals surface area contributed by atoms with Crippen molar-refractivity contribution in [1.29, 1.82) is 0 Å². The van der Waals surface area contributed by atoms with Gasteiger partial charge in [-0.2, -0.15) is 0 Å². The Balaban J connectivity index is 3.14. The van der Waals surface area contributed by atoms with Crippen molar-refractivity contribution in [3.63, 3.8) is 0 Å². The molecule has 0 radical (unpaired) electrons. The van der Waals surface area contributed by atoms with Crippen molar-refractivity contribution in [3.05, 3.63) is 11.6 Å². The van der Waals surface area contributed by atoms with E-state index in [1.807, 2.05) is 0 Å². The van der Waals surface area contributed by atoms with Crippen LogP contribution in [0.3, 0.4) is 0 Å². The largest absolute Gasteiger partial charge is 0.466 e. The van der Waals surface area contributed by atoms with Gasteiger partial charge in [0, 0.05) is 23.5 Å². The zero-order valence-electron chi connectivity index (χ0n) is 11.8. The third kappa shape index (κ3) is 3.98. The van der Waals surface area contributed by atoms with E-state index in [0.29, 0.717) is 0 Å². The van der Waals surface area contributed by atoms with E-state index in [0.717, 1.165) is 0 Å². The van der Waals surface area contributed by atoms with E-state index in [-0.39, 0.29) is 12.0 Å². The first-order valence-corrected chi connectivity index (χ1v) is 6.51. The van der Waals surface area contributed by atoms with E-state index in [2.05, 4.69) is 4.74 Å². The van der Waals surface area contributed by atoms with E-state index in [9.17, 15) is 15.0 Å². The Morgan fingerprint density at radius 2 is 2.05 bits per heavy atom. The predicted molar refractivity (Wildman–Crippen MR) is 74.1 cm³/mol. The van der Waals surface area contributed by atoms with Gasteiger partial charge in [-0.25, -0.2) is 4.79 Å². The third-order valence-corrected chi connectivity index (χ3v) is 3.79. The molecule has 0 aromatic rings. The van der Waals surface area contributed by atoms with Crippen molar-refractivity contribution in [2.75, 3.05) is 13.7 Å². The first kappa shape index (κ1) is 18.0. The summed E-state index contributed by atoms with van der Waals surface area (Å²) < 4.78 is 4.64. The Morgan fingerprint density at radius 1 is 1.48 bits per heavy atom. The summed E-state index contributed by atoms with van der Waals surface area (Å²) in [5, 5.41) is 28.6. The second kappa shape index (κ2) is 6.79. The molecule has 0 aliphatic heterocycles. The fourth-order valence-electron chi connectivity index (χ4n) is 2.55. The lowest BCUT2D eigenvalue weighted by atomic mass is 9.72. The molecule has 1 unspecified atom stereocenters. The van der Waals surface area contributed by atoms with Crippen LogP contribution in [0.4, 0.5) is 0 Å². The fourth-order valence-corrected chi connectivity index (χ4v) is 2.55. The van der Waals surface area contributed by atoms with Gasteiger partial charge in [0.25, 0.3) is 0 Å². The van der Waals surface area contributed by atoms with Crippen molar-refractivity contribution < 1.29 is 24.9 Å². The number of rotatable bonds is 5. The van der Waals surface area contributed by atoms with Crippen LogP contribution >= 0.6 is 0 Å². The molecule has 0 bridgehead atoms. The maximum atomic E-state index is 11.7. The first-order chi connectivity index (χ1) is 9.63. The summed E-state index contributed by atoms with van der Waals surface area (Å²) in [4.78, 5) is 11.7. The molecule has 0 amide bonds. The number of aliphatic hydroxyl groups is 3. The van der Waals surface area contributed by atoms with Crippen molar-refractivity contribution in [3.8, 4) is 0 Å². The van der Waals surface area contributed by atoms with E-state index in [1.54, 1.807) is 0 Å². The number of nitrogens with two attached hydrogens (primary N) is 4. The normalized spacial score (nSPS) is 29.5. The quantitative estimate of drug-likeness (QED) is 0.198. The molecule has 1 rings (SSSR count). The van der Waals surface area contributed by atoms with Gasteiger partial charge in [-0.15, -0.1) is 0 Å². The molecule has 0 aromatic carbocycles. The predicted octanol–water partition coefficient (Wildman–Crippen LogP) is -3.71. The average Bonchev–Trinajstić information content (AvgIpc) is 2.43. The molecule has 1 aliphatic carbocycles. The summed E-state index contributed by atoms with van der Waals surface area (Å²) in [7, 11) is 1.21. The van der Waals surface area contributed by atoms with Crippen LogP contribution in [0.25, 0.3) is 0 Å². The number of ether oxygens (including phenoxy) is 1. The molecule has 0 heterocycles. The highest BCUT2D eigenvalue weighted by atomic mass is 16.5. The number of hydrogen-bond acceptors (Lipinski definition) is 9. The van der Waals surface area contributed by atoms with Crippen molar-refractivity contribution in [2.45, 2.75) is 30.5 Å². The van der Waals surface area contributed by atoms with Crippen molar-refractivity contribution >= 4 is 5.97 Å². The molecule has 0 saturated carbocycles. The van der Waals surface area contributed by atoms with Gasteiger partial charge in [-0.05, 0) is 6.42 Å². The van der Waals surface area contributed by atoms with Crippen LogP contribution in [0.15, 0.2) is 11.6 Å². The number of methoxy groups -OCH3 is 1. The molecule has 0 spiro atoms. The minimum absolute atomic E-state index is 0.0542. The Morgan fingerprint density at radius 3 is 2.48 bits per heavy atom. The maximum absolute atomic E-state index is 11.7. The van der Waals surface area contributed by atoms with E-state index >= 15 is 0 Å².